The van der Waals surface area contributed by atoms with Gasteiger partial charge in [0.1, 0.15) is 18.5 Å². The lowest BCUT2D eigenvalue weighted by atomic mass is 10.0. The summed E-state index contributed by atoms with van der Waals surface area (Å²) in [6, 6.07) is 7.88. The van der Waals surface area contributed by atoms with Gasteiger partial charge in [-0.1, -0.05) is 32.0 Å². The normalized spacial score (nSPS) is 18.7. The molecule has 0 aromatic heterocycles. The molecule has 1 aromatic carbocycles. The summed E-state index contributed by atoms with van der Waals surface area (Å²) in [5.74, 6) is 1.18. The topological polar surface area (TPSA) is 70.1 Å². The van der Waals surface area contributed by atoms with Gasteiger partial charge in [-0.25, -0.2) is 8.42 Å². The van der Waals surface area contributed by atoms with Crippen molar-refractivity contribution < 1.29 is 18.3 Å². The zero-order valence-electron chi connectivity index (χ0n) is 14.7. The van der Waals surface area contributed by atoms with Gasteiger partial charge in [0.25, 0.3) is 0 Å². The minimum absolute atomic E-state index is 0.232. The van der Waals surface area contributed by atoms with E-state index in [0.717, 1.165) is 11.3 Å². The SMILES string of the molecule is CC(C)c1ccccc1OC[C@H](O)CN1CCN(S(C)(=O)=O)CC1. The van der Waals surface area contributed by atoms with Crippen molar-refractivity contribution in [3.8, 4) is 5.75 Å². The molecule has 1 atom stereocenters. The van der Waals surface area contributed by atoms with E-state index in [1.54, 1.807) is 0 Å². The predicted octanol–water partition coefficient (Wildman–Crippen LogP) is 1.13. The molecule has 0 saturated carbocycles. The quantitative estimate of drug-likeness (QED) is 0.793. The van der Waals surface area contributed by atoms with E-state index >= 15 is 0 Å². The molecule has 0 spiro atoms. The van der Waals surface area contributed by atoms with Crippen LogP contribution in [0.15, 0.2) is 24.3 Å². The number of sulfonamides is 1. The molecule has 1 fully saturated rings. The summed E-state index contributed by atoms with van der Waals surface area (Å²) < 4.78 is 30.3. The van der Waals surface area contributed by atoms with E-state index in [1.165, 1.54) is 10.6 Å². The number of para-hydroxylation sites is 1. The Hall–Kier alpha value is -1.15. The first kappa shape index (κ1) is 19.2. The van der Waals surface area contributed by atoms with Gasteiger partial charge in [-0.15, -0.1) is 0 Å². The molecule has 2 rings (SSSR count). The Kier molecular flexibility index (Phi) is 6.62. The molecule has 1 saturated heterocycles. The van der Waals surface area contributed by atoms with Crippen LogP contribution in [0.3, 0.4) is 0 Å². The second kappa shape index (κ2) is 8.29. The van der Waals surface area contributed by atoms with E-state index < -0.39 is 16.1 Å². The summed E-state index contributed by atoms with van der Waals surface area (Å²) in [5.41, 5.74) is 1.13. The summed E-state index contributed by atoms with van der Waals surface area (Å²) in [6.07, 6.45) is 0.632. The van der Waals surface area contributed by atoms with E-state index in [2.05, 4.69) is 18.7 Å². The Labute approximate surface area is 145 Å². The lowest BCUT2D eigenvalue weighted by Crippen LogP contribution is -2.50. The second-order valence-corrected chi connectivity index (χ2v) is 8.60. The highest BCUT2D eigenvalue weighted by Crippen LogP contribution is 2.25. The summed E-state index contributed by atoms with van der Waals surface area (Å²) in [7, 11) is -3.12. The lowest BCUT2D eigenvalue weighted by molar-refractivity contribution is 0.0566. The monoisotopic (exact) mass is 356 g/mol. The van der Waals surface area contributed by atoms with Crippen LogP contribution in [0.1, 0.15) is 25.3 Å². The molecule has 0 radical (unpaired) electrons. The smallest absolute Gasteiger partial charge is 0.211 e. The minimum Gasteiger partial charge on any atom is -0.491 e. The zero-order valence-corrected chi connectivity index (χ0v) is 15.5. The van der Waals surface area contributed by atoms with E-state index in [4.69, 9.17) is 4.74 Å². The van der Waals surface area contributed by atoms with Gasteiger partial charge < -0.3 is 9.84 Å². The predicted molar refractivity (Wildman–Crippen MR) is 94.9 cm³/mol. The summed E-state index contributed by atoms with van der Waals surface area (Å²) in [4.78, 5) is 2.07. The standard InChI is InChI=1S/C17H28N2O4S/c1-14(2)16-6-4-5-7-17(16)23-13-15(20)12-18-8-10-19(11-9-18)24(3,21)22/h4-7,14-15,20H,8-13H2,1-3H3/t15-/m1/s1. The molecular weight excluding hydrogens is 328 g/mol. The maximum Gasteiger partial charge on any atom is 0.211 e. The highest BCUT2D eigenvalue weighted by Gasteiger charge is 2.24. The molecule has 136 valence electrons. The third kappa shape index (κ3) is 5.44. The molecular formula is C17H28N2O4S. The average Bonchev–Trinajstić information content (AvgIpc) is 2.53. The number of hydrogen-bond donors (Lipinski definition) is 1. The molecule has 1 N–H and O–H groups in total. The van der Waals surface area contributed by atoms with E-state index in [1.807, 2.05) is 24.3 Å². The number of ether oxygens (including phenoxy) is 1. The molecule has 0 aliphatic carbocycles. The Morgan fingerprint density at radius 1 is 1.17 bits per heavy atom. The second-order valence-electron chi connectivity index (χ2n) is 6.62. The number of piperazine rings is 1. The van der Waals surface area contributed by atoms with Crippen LogP contribution >= 0.6 is 0 Å². The molecule has 0 bridgehead atoms. The molecule has 1 aliphatic rings. The van der Waals surface area contributed by atoms with Crippen molar-refractivity contribution in [1.29, 1.82) is 0 Å². The molecule has 7 heteroatoms. The molecule has 1 heterocycles. The molecule has 1 aromatic rings. The van der Waals surface area contributed by atoms with Gasteiger partial charge >= 0.3 is 0 Å². The van der Waals surface area contributed by atoms with Crippen molar-refractivity contribution in [3.05, 3.63) is 29.8 Å². The van der Waals surface area contributed by atoms with Gasteiger partial charge in [0.15, 0.2) is 0 Å². The first-order valence-corrected chi connectivity index (χ1v) is 10.2. The Balaban J connectivity index is 1.80. The number of rotatable bonds is 7. The number of nitrogens with zero attached hydrogens (tertiary/aromatic N) is 2. The van der Waals surface area contributed by atoms with Crippen LogP contribution in [0.25, 0.3) is 0 Å². The zero-order chi connectivity index (χ0) is 17.7. The van der Waals surface area contributed by atoms with Gasteiger partial charge in [0.05, 0.1) is 6.26 Å². The maximum absolute atomic E-state index is 11.5. The van der Waals surface area contributed by atoms with Crippen LogP contribution in [0.4, 0.5) is 0 Å². The number of aliphatic hydroxyl groups excluding tert-OH is 1. The van der Waals surface area contributed by atoms with Crippen molar-refractivity contribution in [1.82, 2.24) is 9.21 Å². The van der Waals surface area contributed by atoms with Crippen molar-refractivity contribution >= 4 is 10.0 Å². The van der Waals surface area contributed by atoms with Crippen LogP contribution in [0.2, 0.25) is 0 Å². The highest BCUT2D eigenvalue weighted by molar-refractivity contribution is 7.88. The van der Waals surface area contributed by atoms with Crippen LogP contribution < -0.4 is 4.74 Å². The van der Waals surface area contributed by atoms with Gasteiger partial charge in [0, 0.05) is 32.7 Å². The average molecular weight is 356 g/mol. The first-order chi connectivity index (χ1) is 11.3. The molecule has 24 heavy (non-hydrogen) atoms. The maximum atomic E-state index is 11.5. The number of aliphatic hydroxyl groups is 1. The van der Waals surface area contributed by atoms with Gasteiger partial charge in [-0.2, -0.15) is 4.31 Å². The third-order valence-electron chi connectivity index (χ3n) is 4.24. The third-order valence-corrected chi connectivity index (χ3v) is 5.54. The molecule has 1 aliphatic heterocycles. The number of β-amino-alcohol motifs (C(OH)–C–C–N with tert-alkyl or cyclic N) is 1. The Morgan fingerprint density at radius 2 is 1.79 bits per heavy atom. The lowest BCUT2D eigenvalue weighted by Gasteiger charge is -2.34. The molecule has 6 nitrogen and oxygen atoms in total. The molecule has 0 amide bonds. The number of hydrogen-bond acceptors (Lipinski definition) is 5. The summed E-state index contributed by atoms with van der Waals surface area (Å²) in [5, 5.41) is 10.2. The van der Waals surface area contributed by atoms with E-state index in [-0.39, 0.29) is 6.61 Å². The van der Waals surface area contributed by atoms with Crippen LogP contribution in [-0.2, 0) is 10.0 Å². The summed E-state index contributed by atoms with van der Waals surface area (Å²) >= 11 is 0. The van der Waals surface area contributed by atoms with Crippen molar-refractivity contribution in [2.75, 3.05) is 45.6 Å². The van der Waals surface area contributed by atoms with Crippen LogP contribution in [-0.4, -0.2) is 74.4 Å². The van der Waals surface area contributed by atoms with Gasteiger partial charge in [-0.05, 0) is 17.5 Å². The molecule has 0 unspecified atom stereocenters. The van der Waals surface area contributed by atoms with Crippen molar-refractivity contribution in [2.24, 2.45) is 0 Å². The highest BCUT2D eigenvalue weighted by atomic mass is 32.2. The van der Waals surface area contributed by atoms with Crippen LogP contribution in [0, 0.1) is 0 Å². The Morgan fingerprint density at radius 3 is 2.38 bits per heavy atom. The fraction of sp³-hybridized carbons (Fsp3) is 0.647. The minimum atomic E-state index is -3.12. The first-order valence-electron chi connectivity index (χ1n) is 8.34. The Bertz CT molecular complexity index is 625. The number of benzene rings is 1. The van der Waals surface area contributed by atoms with Crippen molar-refractivity contribution in [2.45, 2.75) is 25.9 Å². The summed E-state index contributed by atoms with van der Waals surface area (Å²) in [6.45, 7) is 7.15. The fourth-order valence-electron chi connectivity index (χ4n) is 2.87. The van der Waals surface area contributed by atoms with Crippen molar-refractivity contribution in [3.63, 3.8) is 0 Å². The van der Waals surface area contributed by atoms with Gasteiger partial charge in [0.2, 0.25) is 10.0 Å². The van der Waals surface area contributed by atoms with Crippen LogP contribution in [0.5, 0.6) is 5.75 Å². The van der Waals surface area contributed by atoms with Gasteiger partial charge in [-0.3, -0.25) is 4.90 Å². The largest absolute Gasteiger partial charge is 0.491 e. The van der Waals surface area contributed by atoms with E-state index in [9.17, 15) is 13.5 Å². The fourth-order valence-corrected chi connectivity index (χ4v) is 3.70. The van der Waals surface area contributed by atoms with E-state index in [0.29, 0.717) is 38.6 Å².